The number of hydrogen-bond donors (Lipinski definition) is 3. The van der Waals surface area contributed by atoms with Crippen molar-refractivity contribution in [2.75, 3.05) is 19.8 Å². The molecule has 7 nitrogen and oxygen atoms in total. The van der Waals surface area contributed by atoms with Crippen molar-refractivity contribution >= 4 is 13.3 Å². The monoisotopic (exact) mass is 452 g/mol. The van der Waals surface area contributed by atoms with Gasteiger partial charge in [0.2, 0.25) is 0 Å². The van der Waals surface area contributed by atoms with Gasteiger partial charge in [0.05, 0.1) is 13.2 Å². The molecule has 0 aromatic carbocycles. The summed E-state index contributed by atoms with van der Waals surface area (Å²) in [5.74, 6) is 0. The molecule has 30 heavy (non-hydrogen) atoms. The van der Waals surface area contributed by atoms with Crippen LogP contribution in [0.4, 0.5) is 4.79 Å². The minimum absolute atomic E-state index is 0.0685. The van der Waals surface area contributed by atoms with Crippen molar-refractivity contribution in [2.45, 2.75) is 116 Å². The summed E-state index contributed by atoms with van der Waals surface area (Å²) in [6.07, 6.45) is 19.7. The van der Waals surface area contributed by atoms with Gasteiger partial charge in [0.1, 0.15) is 6.10 Å². The number of hydrogen-bond acceptors (Lipinski definition) is 5. The summed E-state index contributed by atoms with van der Waals surface area (Å²) >= 11 is 0. The summed E-state index contributed by atoms with van der Waals surface area (Å²) in [5, 5.41) is 9.07. The summed E-state index contributed by atoms with van der Waals surface area (Å²) in [4.78, 5) is 28.4. The molecule has 0 aromatic heterocycles. The second kappa shape index (κ2) is 20.4. The third-order valence-corrected chi connectivity index (χ3v) is 5.74. The zero-order valence-corrected chi connectivity index (χ0v) is 19.8. The highest BCUT2D eigenvalue weighted by Crippen LogP contribution is 2.37. The molecule has 0 unspecified atom stereocenters. The van der Waals surface area contributed by atoms with Crippen LogP contribution >= 0.6 is 7.60 Å². The molecule has 0 bridgehead atoms. The lowest BCUT2D eigenvalue weighted by atomic mass is 10.0. The average Bonchev–Trinajstić information content (AvgIpc) is 2.71. The quantitative estimate of drug-likeness (QED) is 0.138. The minimum atomic E-state index is -4.93. The fourth-order valence-electron chi connectivity index (χ4n) is 3.30. The normalized spacial score (nSPS) is 12.8. The summed E-state index contributed by atoms with van der Waals surface area (Å²) < 4.78 is 20.6. The zero-order valence-electron chi connectivity index (χ0n) is 18.9. The molecule has 0 aliphatic rings. The van der Waals surface area contributed by atoms with Crippen LogP contribution in [0.1, 0.15) is 110 Å². The molecule has 0 radical (unpaired) electrons. The number of ether oxygens (including phenoxy) is 2. The van der Waals surface area contributed by atoms with Crippen LogP contribution in [0.15, 0.2) is 0 Å². The number of aliphatic hydroxyl groups is 1. The van der Waals surface area contributed by atoms with Crippen LogP contribution in [0.2, 0.25) is 0 Å². The number of aliphatic hydroxyl groups excluding tert-OH is 1. The Morgan fingerprint density at radius 3 is 1.53 bits per heavy atom. The van der Waals surface area contributed by atoms with Gasteiger partial charge in [-0.15, -0.1) is 0 Å². The lowest BCUT2D eigenvalue weighted by Crippen LogP contribution is -2.26. The number of rotatable bonds is 22. The molecule has 0 amide bonds. The van der Waals surface area contributed by atoms with Gasteiger partial charge in [-0.1, -0.05) is 103 Å². The van der Waals surface area contributed by atoms with Crippen molar-refractivity contribution in [1.29, 1.82) is 0 Å². The van der Waals surface area contributed by atoms with E-state index in [-0.39, 0.29) is 6.61 Å². The van der Waals surface area contributed by atoms with Gasteiger partial charge in [-0.3, -0.25) is 0 Å². The smallest absolute Gasteiger partial charge is 0.433 e. The van der Waals surface area contributed by atoms with Crippen molar-refractivity contribution in [3.63, 3.8) is 0 Å². The van der Waals surface area contributed by atoms with E-state index in [0.29, 0.717) is 6.61 Å². The highest BCUT2D eigenvalue weighted by atomic mass is 31.2. The van der Waals surface area contributed by atoms with Gasteiger partial charge in [0, 0.05) is 6.61 Å². The molecule has 8 heteroatoms. The Bertz CT molecular complexity index is 439. The third kappa shape index (κ3) is 19.5. The van der Waals surface area contributed by atoms with E-state index in [1.165, 1.54) is 83.5 Å². The Balaban J connectivity index is 3.32. The van der Waals surface area contributed by atoms with Gasteiger partial charge in [-0.2, -0.15) is 0 Å². The average molecular weight is 453 g/mol. The number of unbranched alkanes of at least 4 members (excludes halogenated alkanes) is 15. The van der Waals surface area contributed by atoms with Crippen LogP contribution in [0, 0.1) is 0 Å². The van der Waals surface area contributed by atoms with E-state index >= 15 is 0 Å². The maximum absolute atomic E-state index is 11.1. The Hall–Kier alpha value is -0.460. The van der Waals surface area contributed by atoms with Crippen molar-refractivity contribution in [1.82, 2.24) is 0 Å². The Labute approximate surface area is 183 Å². The SMILES string of the molecule is CCCCCCCCCCCCCCCCCCOC[C@H](CO)OC(=O)P(=O)(O)O. The first kappa shape index (κ1) is 29.5. The van der Waals surface area contributed by atoms with Gasteiger partial charge in [-0.05, 0) is 6.42 Å². The maximum Gasteiger partial charge on any atom is 0.433 e. The first-order valence-electron chi connectivity index (χ1n) is 11.9. The van der Waals surface area contributed by atoms with Crippen molar-refractivity contribution < 1.29 is 33.7 Å². The van der Waals surface area contributed by atoms with E-state index in [1.54, 1.807) is 0 Å². The lowest BCUT2D eigenvalue weighted by molar-refractivity contribution is -0.00116. The molecule has 0 spiro atoms. The Morgan fingerprint density at radius 2 is 1.17 bits per heavy atom. The lowest BCUT2D eigenvalue weighted by Gasteiger charge is -2.15. The topological polar surface area (TPSA) is 113 Å². The fourth-order valence-corrected chi connectivity index (χ4v) is 3.59. The molecule has 0 aromatic rings. The molecule has 180 valence electrons. The zero-order chi connectivity index (χ0) is 22.5. The molecule has 3 N–H and O–H groups in total. The largest absolute Gasteiger partial charge is 0.448 e. The molecular formula is C22H45O7P. The highest BCUT2D eigenvalue weighted by molar-refractivity contribution is 7.69. The van der Waals surface area contributed by atoms with Crippen LogP contribution in [0.25, 0.3) is 0 Å². The summed E-state index contributed by atoms with van der Waals surface area (Å²) in [6, 6.07) is 0. The van der Waals surface area contributed by atoms with Crippen LogP contribution in [-0.2, 0) is 14.0 Å². The second-order valence-electron chi connectivity index (χ2n) is 8.11. The molecule has 0 heterocycles. The van der Waals surface area contributed by atoms with Gasteiger partial charge in [0.25, 0.3) is 0 Å². The van der Waals surface area contributed by atoms with Crippen molar-refractivity contribution in [2.24, 2.45) is 0 Å². The fraction of sp³-hybridized carbons (Fsp3) is 0.955. The molecule has 1 atom stereocenters. The minimum Gasteiger partial charge on any atom is -0.448 e. The van der Waals surface area contributed by atoms with Gasteiger partial charge in [0.15, 0.2) is 0 Å². The van der Waals surface area contributed by atoms with E-state index in [9.17, 15) is 9.36 Å². The summed E-state index contributed by atoms with van der Waals surface area (Å²) in [5.41, 5.74) is -1.63. The van der Waals surface area contributed by atoms with Gasteiger partial charge < -0.3 is 24.4 Å². The molecule has 0 aliphatic heterocycles. The summed E-state index contributed by atoms with van der Waals surface area (Å²) in [7, 11) is -4.93. The molecule has 0 saturated carbocycles. The number of carbonyl (C=O) groups excluding carboxylic acids is 1. The Kier molecular flexibility index (Phi) is 20.1. The van der Waals surface area contributed by atoms with E-state index in [2.05, 4.69) is 11.7 Å². The predicted octanol–water partition coefficient (Wildman–Crippen LogP) is 5.94. The molecular weight excluding hydrogens is 407 g/mol. The summed E-state index contributed by atoms with van der Waals surface area (Å²) in [6.45, 7) is 2.13. The maximum atomic E-state index is 11.1. The van der Waals surface area contributed by atoms with Crippen LogP contribution in [0.5, 0.6) is 0 Å². The number of carbonyl (C=O) groups is 1. The van der Waals surface area contributed by atoms with Crippen LogP contribution in [-0.4, -0.2) is 46.5 Å². The van der Waals surface area contributed by atoms with Crippen LogP contribution < -0.4 is 0 Å². The first-order valence-corrected chi connectivity index (χ1v) is 13.5. The van der Waals surface area contributed by atoms with Gasteiger partial charge >= 0.3 is 13.3 Å². The van der Waals surface area contributed by atoms with E-state index in [1.807, 2.05) is 0 Å². The van der Waals surface area contributed by atoms with Crippen molar-refractivity contribution in [3.05, 3.63) is 0 Å². The van der Waals surface area contributed by atoms with E-state index in [0.717, 1.165) is 19.3 Å². The molecule has 0 saturated heterocycles. The van der Waals surface area contributed by atoms with E-state index in [4.69, 9.17) is 19.6 Å². The van der Waals surface area contributed by atoms with Crippen LogP contribution in [0.3, 0.4) is 0 Å². The Morgan fingerprint density at radius 1 is 0.767 bits per heavy atom. The molecule has 0 fully saturated rings. The molecule has 0 aliphatic carbocycles. The highest BCUT2D eigenvalue weighted by Gasteiger charge is 2.30. The predicted molar refractivity (Wildman–Crippen MR) is 120 cm³/mol. The van der Waals surface area contributed by atoms with Crippen molar-refractivity contribution in [3.8, 4) is 0 Å². The first-order chi connectivity index (χ1) is 14.4. The third-order valence-electron chi connectivity index (χ3n) is 5.15. The van der Waals surface area contributed by atoms with E-state index < -0.39 is 26.0 Å². The standard InChI is InChI=1S/C22H45O7P/c1-2-3-4-5-6-7-8-9-10-11-12-13-14-15-16-17-18-28-20-21(19-23)29-22(24)30(25,26)27/h21,23H,2-20H2,1H3,(H2,25,26,27)/t21-/m0/s1. The van der Waals surface area contributed by atoms with Gasteiger partial charge in [-0.25, -0.2) is 9.36 Å². The molecule has 0 rings (SSSR count). The second-order valence-corrected chi connectivity index (χ2v) is 9.56.